The Morgan fingerprint density at radius 1 is 1.14 bits per heavy atom. The average molecular weight is 417 g/mol. The van der Waals surface area contributed by atoms with Gasteiger partial charge in [0.15, 0.2) is 15.8 Å². The number of nitrogens with zero attached hydrogens (tertiary/aromatic N) is 1. The van der Waals surface area contributed by atoms with Crippen LogP contribution in [-0.4, -0.2) is 40.6 Å². The van der Waals surface area contributed by atoms with Crippen molar-refractivity contribution in [2.45, 2.75) is 0 Å². The van der Waals surface area contributed by atoms with E-state index < -0.39 is 5.97 Å². The number of ether oxygens (including phenoxy) is 2. The number of phenols is 1. The standard InChI is InChI=1S/C19H15NO6S2/c1-25-13-8-3-10(15(18(23)24)16(13)26-2)9-14-17(22)20(19(27)28-14)11-4-6-12(21)7-5-11/h3-9,21H,1-2H3,(H,23,24). The van der Waals surface area contributed by atoms with E-state index >= 15 is 0 Å². The summed E-state index contributed by atoms with van der Waals surface area (Å²) in [5, 5.41) is 19.1. The van der Waals surface area contributed by atoms with Crippen molar-refractivity contribution in [1.29, 1.82) is 0 Å². The predicted octanol–water partition coefficient (Wildman–Crippen LogP) is 3.51. The fourth-order valence-electron chi connectivity index (χ4n) is 2.72. The topological polar surface area (TPSA) is 96.3 Å². The van der Waals surface area contributed by atoms with Crippen molar-refractivity contribution in [1.82, 2.24) is 0 Å². The second-order valence-corrected chi connectivity index (χ2v) is 7.28. The fraction of sp³-hybridized carbons (Fsp3) is 0.105. The Kier molecular flexibility index (Phi) is 5.57. The van der Waals surface area contributed by atoms with Crippen LogP contribution in [0.3, 0.4) is 0 Å². The van der Waals surface area contributed by atoms with E-state index in [1.807, 2.05) is 0 Å². The minimum atomic E-state index is -1.21. The molecule has 7 nitrogen and oxygen atoms in total. The van der Waals surface area contributed by atoms with Gasteiger partial charge in [0.05, 0.1) is 24.8 Å². The number of thioether (sulfide) groups is 1. The van der Waals surface area contributed by atoms with E-state index in [0.717, 1.165) is 11.8 Å². The molecule has 1 fully saturated rings. The number of amides is 1. The number of thiocarbonyl (C=S) groups is 1. The van der Waals surface area contributed by atoms with Crippen LogP contribution in [0.15, 0.2) is 41.3 Å². The van der Waals surface area contributed by atoms with E-state index in [-0.39, 0.29) is 39.2 Å². The molecular weight excluding hydrogens is 402 g/mol. The maximum Gasteiger partial charge on any atom is 0.340 e. The number of phenolic OH excluding ortho intramolecular Hbond substituents is 1. The number of carbonyl (C=O) groups excluding carboxylic acids is 1. The zero-order chi connectivity index (χ0) is 20.4. The Labute approximate surface area is 170 Å². The largest absolute Gasteiger partial charge is 0.508 e. The first-order chi connectivity index (χ1) is 13.4. The third-order valence-corrected chi connectivity index (χ3v) is 5.28. The molecule has 144 valence electrons. The quantitative estimate of drug-likeness (QED) is 0.564. The van der Waals surface area contributed by atoms with Gasteiger partial charge in [-0.25, -0.2) is 4.79 Å². The Balaban J connectivity index is 2.05. The van der Waals surface area contributed by atoms with Gasteiger partial charge in [-0.2, -0.15) is 0 Å². The first-order valence-corrected chi connectivity index (χ1v) is 9.15. The maximum atomic E-state index is 12.8. The summed E-state index contributed by atoms with van der Waals surface area (Å²) in [6.45, 7) is 0. The van der Waals surface area contributed by atoms with Crippen LogP contribution >= 0.6 is 24.0 Å². The monoisotopic (exact) mass is 417 g/mol. The molecule has 28 heavy (non-hydrogen) atoms. The molecule has 0 aliphatic carbocycles. The molecule has 1 heterocycles. The van der Waals surface area contributed by atoms with E-state index in [2.05, 4.69) is 0 Å². The van der Waals surface area contributed by atoms with Crippen molar-refractivity contribution in [2.75, 3.05) is 19.1 Å². The molecule has 1 aliphatic rings. The van der Waals surface area contributed by atoms with Gasteiger partial charge in [0.1, 0.15) is 11.3 Å². The van der Waals surface area contributed by atoms with E-state index in [4.69, 9.17) is 21.7 Å². The lowest BCUT2D eigenvalue weighted by Gasteiger charge is -2.14. The highest BCUT2D eigenvalue weighted by molar-refractivity contribution is 8.27. The van der Waals surface area contributed by atoms with Gasteiger partial charge in [-0.15, -0.1) is 0 Å². The molecule has 3 rings (SSSR count). The second-order valence-electron chi connectivity index (χ2n) is 5.60. The average Bonchev–Trinajstić information content (AvgIpc) is 2.95. The Morgan fingerprint density at radius 3 is 2.39 bits per heavy atom. The number of carboxylic acids is 1. The van der Waals surface area contributed by atoms with Gasteiger partial charge in [-0.1, -0.05) is 30.0 Å². The van der Waals surface area contributed by atoms with Gasteiger partial charge in [0, 0.05) is 0 Å². The van der Waals surface area contributed by atoms with Crippen LogP contribution in [0.5, 0.6) is 17.2 Å². The smallest absolute Gasteiger partial charge is 0.340 e. The van der Waals surface area contributed by atoms with Crippen molar-refractivity contribution in [3.05, 3.63) is 52.4 Å². The van der Waals surface area contributed by atoms with E-state index in [9.17, 15) is 19.8 Å². The van der Waals surface area contributed by atoms with Gasteiger partial charge < -0.3 is 19.7 Å². The fourth-order valence-corrected chi connectivity index (χ4v) is 4.01. The van der Waals surface area contributed by atoms with Crippen molar-refractivity contribution in [2.24, 2.45) is 0 Å². The lowest BCUT2D eigenvalue weighted by atomic mass is 10.0. The van der Waals surface area contributed by atoms with Gasteiger partial charge in [0.25, 0.3) is 5.91 Å². The van der Waals surface area contributed by atoms with E-state index in [0.29, 0.717) is 10.0 Å². The molecule has 1 aliphatic heterocycles. The van der Waals surface area contributed by atoms with Crippen LogP contribution in [0.2, 0.25) is 0 Å². The van der Waals surface area contributed by atoms with Crippen LogP contribution in [0.1, 0.15) is 15.9 Å². The molecule has 1 saturated heterocycles. The minimum Gasteiger partial charge on any atom is -0.508 e. The van der Waals surface area contributed by atoms with Crippen molar-refractivity contribution >= 4 is 51.9 Å². The van der Waals surface area contributed by atoms with E-state index in [1.165, 1.54) is 43.4 Å². The minimum absolute atomic E-state index is 0.0674. The molecule has 0 radical (unpaired) electrons. The lowest BCUT2D eigenvalue weighted by molar-refractivity contribution is -0.113. The molecule has 0 aromatic heterocycles. The van der Waals surface area contributed by atoms with Crippen LogP contribution < -0.4 is 14.4 Å². The Morgan fingerprint density at radius 2 is 1.82 bits per heavy atom. The molecule has 0 saturated carbocycles. The summed E-state index contributed by atoms with van der Waals surface area (Å²) in [5.41, 5.74) is 0.683. The SMILES string of the molecule is COc1ccc(C=C2SC(=S)N(c3ccc(O)cc3)C2=O)c(C(=O)O)c1OC. The first kappa shape index (κ1) is 19.7. The van der Waals surface area contributed by atoms with E-state index in [1.54, 1.807) is 18.2 Å². The number of rotatable bonds is 5. The van der Waals surface area contributed by atoms with Gasteiger partial charge in [-0.05, 0) is 42.0 Å². The normalized spacial score (nSPS) is 15.2. The third-order valence-electron chi connectivity index (χ3n) is 3.98. The number of methoxy groups -OCH3 is 2. The highest BCUT2D eigenvalue weighted by Gasteiger charge is 2.34. The van der Waals surface area contributed by atoms with Crippen molar-refractivity contribution in [3.8, 4) is 17.2 Å². The number of aromatic hydroxyl groups is 1. The molecule has 0 spiro atoms. The molecule has 0 bridgehead atoms. The molecule has 0 atom stereocenters. The molecule has 2 N–H and O–H groups in total. The summed E-state index contributed by atoms with van der Waals surface area (Å²) in [6.07, 6.45) is 1.46. The number of aromatic carboxylic acids is 1. The molecule has 1 amide bonds. The van der Waals surface area contributed by atoms with Crippen molar-refractivity contribution < 1.29 is 29.3 Å². The summed E-state index contributed by atoms with van der Waals surface area (Å²) in [4.78, 5) is 26.2. The number of carboxylic acid groups (broad SMARTS) is 1. The molecule has 2 aromatic carbocycles. The van der Waals surface area contributed by atoms with Gasteiger partial charge in [-0.3, -0.25) is 9.69 Å². The third kappa shape index (κ3) is 3.54. The molecule has 2 aromatic rings. The van der Waals surface area contributed by atoms with Gasteiger partial charge >= 0.3 is 5.97 Å². The van der Waals surface area contributed by atoms with Crippen LogP contribution in [0, 0.1) is 0 Å². The summed E-state index contributed by atoms with van der Waals surface area (Å²) in [7, 11) is 2.75. The number of hydrogen-bond acceptors (Lipinski definition) is 7. The van der Waals surface area contributed by atoms with Crippen LogP contribution in [-0.2, 0) is 4.79 Å². The highest BCUT2D eigenvalue weighted by atomic mass is 32.2. The summed E-state index contributed by atoms with van der Waals surface area (Å²) in [5.74, 6) is -1.18. The maximum absolute atomic E-state index is 12.8. The first-order valence-electron chi connectivity index (χ1n) is 7.92. The Bertz CT molecular complexity index is 1000. The van der Waals surface area contributed by atoms with Crippen molar-refractivity contribution in [3.63, 3.8) is 0 Å². The van der Waals surface area contributed by atoms with Gasteiger partial charge in [0.2, 0.25) is 0 Å². The summed E-state index contributed by atoms with van der Waals surface area (Å²) in [6, 6.07) is 9.16. The number of carbonyl (C=O) groups is 2. The van der Waals surface area contributed by atoms with Crippen LogP contribution in [0.4, 0.5) is 5.69 Å². The number of hydrogen-bond donors (Lipinski definition) is 2. The zero-order valence-corrected chi connectivity index (χ0v) is 16.5. The number of anilines is 1. The highest BCUT2D eigenvalue weighted by Crippen LogP contribution is 2.39. The zero-order valence-electron chi connectivity index (χ0n) is 14.8. The second kappa shape index (κ2) is 7.91. The summed E-state index contributed by atoms with van der Waals surface area (Å²) >= 11 is 6.36. The predicted molar refractivity (Wildman–Crippen MR) is 110 cm³/mol. The number of benzene rings is 2. The molecule has 9 heteroatoms. The lowest BCUT2D eigenvalue weighted by Crippen LogP contribution is -2.27. The van der Waals surface area contributed by atoms with Crippen LogP contribution in [0.25, 0.3) is 6.08 Å². The molecule has 0 unspecified atom stereocenters. The molecular formula is C19H15NO6S2. The Hall–Kier alpha value is -3.04. The summed E-state index contributed by atoms with van der Waals surface area (Å²) < 4.78 is 10.6.